The van der Waals surface area contributed by atoms with Gasteiger partial charge in [0.1, 0.15) is 5.65 Å². The Balaban J connectivity index is 3.03. The lowest BCUT2D eigenvalue weighted by atomic mass is 10.1. The molecule has 88 valence electrons. The van der Waals surface area contributed by atoms with Crippen LogP contribution in [-0.2, 0) is 7.05 Å². The highest BCUT2D eigenvalue weighted by atomic mass is 16.4. The Labute approximate surface area is 94.4 Å². The molecule has 17 heavy (non-hydrogen) atoms. The van der Waals surface area contributed by atoms with Crippen molar-refractivity contribution < 1.29 is 9.90 Å². The quantitative estimate of drug-likeness (QED) is 0.701. The van der Waals surface area contributed by atoms with Crippen LogP contribution in [0, 0.1) is 6.92 Å². The van der Waals surface area contributed by atoms with Crippen LogP contribution in [0.15, 0.2) is 15.7 Å². The molecule has 2 aromatic heterocycles. The number of aryl methyl sites for hydroxylation is 2. The lowest BCUT2D eigenvalue weighted by Crippen LogP contribution is -2.29. The van der Waals surface area contributed by atoms with Crippen LogP contribution < -0.4 is 11.2 Å². The van der Waals surface area contributed by atoms with E-state index >= 15 is 0 Å². The SMILES string of the molecule is Cc1nc2c(cc1C(=O)O)c(=O)[nH]c(=O)n2C. The van der Waals surface area contributed by atoms with Gasteiger partial charge in [0.2, 0.25) is 0 Å². The number of hydrogen-bond donors (Lipinski definition) is 2. The molecule has 0 aliphatic carbocycles. The number of aromatic nitrogens is 3. The van der Waals surface area contributed by atoms with Gasteiger partial charge in [-0.05, 0) is 13.0 Å². The molecule has 2 rings (SSSR count). The topological polar surface area (TPSA) is 105 Å². The minimum Gasteiger partial charge on any atom is -0.478 e. The van der Waals surface area contributed by atoms with Gasteiger partial charge in [0, 0.05) is 7.05 Å². The van der Waals surface area contributed by atoms with Crippen molar-refractivity contribution in [2.24, 2.45) is 7.05 Å². The molecule has 2 heterocycles. The molecule has 0 aliphatic heterocycles. The fraction of sp³-hybridized carbons (Fsp3) is 0.200. The summed E-state index contributed by atoms with van der Waals surface area (Å²) < 4.78 is 1.16. The van der Waals surface area contributed by atoms with Crippen LogP contribution in [-0.4, -0.2) is 25.6 Å². The number of pyridine rings is 1. The zero-order chi connectivity index (χ0) is 12.7. The van der Waals surface area contributed by atoms with E-state index in [1.165, 1.54) is 20.0 Å². The molecule has 0 atom stereocenters. The standard InChI is InChI=1S/C10H9N3O4/c1-4-5(9(15)16)3-6-7(11-4)13(2)10(17)12-8(6)14/h3H,1-2H3,(H,15,16)(H,12,14,17). The van der Waals surface area contributed by atoms with E-state index in [9.17, 15) is 14.4 Å². The van der Waals surface area contributed by atoms with Gasteiger partial charge < -0.3 is 5.11 Å². The van der Waals surface area contributed by atoms with Crippen molar-refractivity contribution in [3.8, 4) is 0 Å². The summed E-state index contributed by atoms with van der Waals surface area (Å²) >= 11 is 0. The number of fused-ring (bicyclic) bond motifs is 1. The van der Waals surface area contributed by atoms with E-state index in [1.807, 2.05) is 0 Å². The Morgan fingerprint density at radius 3 is 2.71 bits per heavy atom. The Kier molecular flexibility index (Phi) is 2.31. The fourth-order valence-corrected chi connectivity index (χ4v) is 1.58. The third-order valence-electron chi connectivity index (χ3n) is 2.51. The lowest BCUT2D eigenvalue weighted by Gasteiger charge is -2.05. The van der Waals surface area contributed by atoms with E-state index in [1.54, 1.807) is 0 Å². The Morgan fingerprint density at radius 1 is 1.47 bits per heavy atom. The molecule has 0 aromatic carbocycles. The van der Waals surface area contributed by atoms with E-state index < -0.39 is 17.2 Å². The smallest absolute Gasteiger partial charge is 0.337 e. The molecular formula is C10H9N3O4. The van der Waals surface area contributed by atoms with E-state index in [0.717, 1.165) is 4.57 Å². The number of nitrogens with one attached hydrogen (secondary N) is 1. The average molecular weight is 235 g/mol. The van der Waals surface area contributed by atoms with E-state index in [0.29, 0.717) is 0 Å². The van der Waals surface area contributed by atoms with E-state index in [-0.39, 0.29) is 22.3 Å². The van der Waals surface area contributed by atoms with Gasteiger partial charge in [-0.2, -0.15) is 0 Å². The highest BCUT2D eigenvalue weighted by Crippen LogP contribution is 2.11. The molecule has 7 heteroatoms. The minimum absolute atomic E-state index is 0.0540. The van der Waals surface area contributed by atoms with Crippen molar-refractivity contribution in [3.63, 3.8) is 0 Å². The molecule has 0 bridgehead atoms. The maximum Gasteiger partial charge on any atom is 0.337 e. The highest BCUT2D eigenvalue weighted by molar-refractivity contribution is 5.92. The van der Waals surface area contributed by atoms with Crippen molar-refractivity contribution in [1.29, 1.82) is 0 Å². The molecule has 0 saturated heterocycles. The number of carboxylic acid groups (broad SMARTS) is 1. The first-order chi connectivity index (χ1) is 7.91. The van der Waals surface area contributed by atoms with Crippen molar-refractivity contribution in [2.75, 3.05) is 0 Å². The molecule has 0 fully saturated rings. The van der Waals surface area contributed by atoms with Gasteiger partial charge in [0.05, 0.1) is 16.6 Å². The van der Waals surface area contributed by atoms with Crippen molar-refractivity contribution in [3.05, 3.63) is 38.2 Å². The normalized spacial score (nSPS) is 10.7. The molecule has 2 N–H and O–H groups in total. The number of aromatic amines is 1. The number of carboxylic acids is 1. The van der Waals surface area contributed by atoms with Crippen LogP contribution in [0.1, 0.15) is 16.1 Å². The zero-order valence-electron chi connectivity index (χ0n) is 9.14. The van der Waals surface area contributed by atoms with Gasteiger partial charge in [-0.25, -0.2) is 14.6 Å². The molecule has 2 aromatic rings. The lowest BCUT2D eigenvalue weighted by molar-refractivity contribution is 0.0696. The summed E-state index contributed by atoms with van der Waals surface area (Å²) in [6.45, 7) is 1.51. The molecule has 0 saturated carbocycles. The Hall–Kier alpha value is -2.44. The summed E-state index contributed by atoms with van der Waals surface area (Å²) in [5.74, 6) is -1.16. The van der Waals surface area contributed by atoms with Crippen LogP contribution >= 0.6 is 0 Å². The van der Waals surface area contributed by atoms with Gasteiger partial charge in [-0.15, -0.1) is 0 Å². The average Bonchev–Trinajstić information content (AvgIpc) is 2.25. The number of hydrogen-bond acceptors (Lipinski definition) is 4. The molecule has 0 amide bonds. The molecule has 0 unspecified atom stereocenters. The predicted octanol–water partition coefficient (Wildman–Crippen LogP) is -0.372. The van der Waals surface area contributed by atoms with Gasteiger partial charge in [0.25, 0.3) is 5.56 Å². The van der Waals surface area contributed by atoms with Crippen LogP contribution in [0.25, 0.3) is 11.0 Å². The number of carbonyl (C=O) groups is 1. The van der Waals surface area contributed by atoms with Crippen LogP contribution in [0.3, 0.4) is 0 Å². The first-order valence-electron chi connectivity index (χ1n) is 4.75. The summed E-state index contributed by atoms with van der Waals surface area (Å²) in [7, 11) is 1.45. The number of nitrogens with zero attached hydrogens (tertiary/aromatic N) is 2. The molecule has 0 aliphatic rings. The second-order valence-electron chi connectivity index (χ2n) is 3.62. The van der Waals surface area contributed by atoms with Crippen molar-refractivity contribution in [2.45, 2.75) is 6.92 Å². The minimum atomic E-state index is -1.16. The molecule has 7 nitrogen and oxygen atoms in total. The maximum atomic E-state index is 11.5. The Bertz CT molecular complexity index is 742. The predicted molar refractivity (Wildman–Crippen MR) is 59.3 cm³/mol. The monoisotopic (exact) mass is 235 g/mol. The summed E-state index contributed by atoms with van der Waals surface area (Å²) in [5, 5.41) is 9.00. The van der Waals surface area contributed by atoms with Crippen LogP contribution in [0.4, 0.5) is 0 Å². The molecule has 0 radical (unpaired) electrons. The number of aromatic carboxylic acids is 1. The summed E-state index contributed by atoms with van der Waals surface area (Å²) in [5.41, 5.74) is -0.857. The maximum absolute atomic E-state index is 11.5. The first kappa shape index (κ1) is 11.1. The third-order valence-corrected chi connectivity index (χ3v) is 2.51. The molecule has 0 spiro atoms. The van der Waals surface area contributed by atoms with Gasteiger partial charge >= 0.3 is 11.7 Å². The zero-order valence-corrected chi connectivity index (χ0v) is 9.14. The summed E-state index contributed by atoms with van der Waals surface area (Å²) in [6, 6.07) is 1.22. The van der Waals surface area contributed by atoms with Crippen LogP contribution in [0.2, 0.25) is 0 Å². The van der Waals surface area contributed by atoms with Crippen LogP contribution in [0.5, 0.6) is 0 Å². The highest BCUT2D eigenvalue weighted by Gasteiger charge is 2.13. The largest absolute Gasteiger partial charge is 0.478 e. The van der Waals surface area contributed by atoms with E-state index in [4.69, 9.17) is 5.11 Å². The summed E-state index contributed by atoms with van der Waals surface area (Å²) in [4.78, 5) is 39.8. The van der Waals surface area contributed by atoms with E-state index in [2.05, 4.69) is 9.97 Å². The first-order valence-corrected chi connectivity index (χ1v) is 4.75. The molecular weight excluding hydrogens is 226 g/mol. The van der Waals surface area contributed by atoms with Crippen molar-refractivity contribution >= 4 is 17.0 Å². The van der Waals surface area contributed by atoms with Gasteiger partial charge in [0.15, 0.2) is 0 Å². The Morgan fingerprint density at radius 2 is 2.12 bits per heavy atom. The number of rotatable bonds is 1. The van der Waals surface area contributed by atoms with Gasteiger partial charge in [-0.1, -0.05) is 0 Å². The van der Waals surface area contributed by atoms with Gasteiger partial charge in [-0.3, -0.25) is 14.3 Å². The second-order valence-corrected chi connectivity index (χ2v) is 3.62. The van der Waals surface area contributed by atoms with Crippen molar-refractivity contribution in [1.82, 2.24) is 14.5 Å². The summed E-state index contributed by atoms with van der Waals surface area (Å²) in [6.07, 6.45) is 0. The second kappa shape index (κ2) is 3.55. The number of H-pyrrole nitrogens is 1. The fourth-order valence-electron chi connectivity index (χ4n) is 1.58. The third kappa shape index (κ3) is 1.61.